The molecule has 0 saturated carbocycles. The number of aromatic amines is 1. The molecule has 1 aliphatic rings. The van der Waals surface area contributed by atoms with Gasteiger partial charge in [0.05, 0.1) is 24.5 Å². The lowest BCUT2D eigenvalue weighted by molar-refractivity contribution is -0.125. The molecule has 2 aromatic rings. The van der Waals surface area contributed by atoms with Crippen molar-refractivity contribution in [3.63, 3.8) is 0 Å². The summed E-state index contributed by atoms with van der Waals surface area (Å²) in [6.45, 7) is 25.3. The van der Waals surface area contributed by atoms with Crippen molar-refractivity contribution in [2.75, 3.05) is 13.1 Å². The first-order valence-electron chi connectivity index (χ1n) is 15.5. The van der Waals surface area contributed by atoms with Crippen LogP contribution in [0.2, 0.25) is 0 Å². The smallest absolute Gasteiger partial charge is 0.337 e. The number of urea groups is 1. The third-order valence-corrected chi connectivity index (χ3v) is 6.92. The van der Waals surface area contributed by atoms with Crippen LogP contribution in [0.15, 0.2) is 36.7 Å². The van der Waals surface area contributed by atoms with Crippen molar-refractivity contribution in [3.05, 3.63) is 53.9 Å². The number of rotatable bonds is 8. The normalized spacial score (nSPS) is 15.3. The van der Waals surface area contributed by atoms with E-state index in [1.165, 1.54) is 17.5 Å². The third kappa shape index (κ3) is 11.5. The van der Waals surface area contributed by atoms with Crippen LogP contribution in [0, 0.1) is 18.2 Å². The number of hydrogen-bond donors (Lipinski definition) is 3. The molecular formula is C33H59FN6O2. The highest BCUT2D eigenvalue weighted by molar-refractivity contribution is 5.81. The number of likely N-dealkylation sites (tertiary alicyclic amines) is 1. The molecule has 0 spiro atoms. The van der Waals surface area contributed by atoms with Crippen LogP contribution in [-0.4, -0.2) is 50.9 Å². The maximum absolute atomic E-state index is 14.4. The van der Waals surface area contributed by atoms with E-state index in [-0.39, 0.29) is 26.5 Å². The minimum Gasteiger partial charge on any atom is -0.371 e. The molecule has 3 rings (SSSR count). The van der Waals surface area contributed by atoms with E-state index in [0.29, 0.717) is 36.0 Å². The number of amides is 3. The van der Waals surface area contributed by atoms with Gasteiger partial charge in [-0.3, -0.25) is 10.2 Å². The van der Waals surface area contributed by atoms with Crippen molar-refractivity contribution in [2.45, 2.75) is 113 Å². The number of hydrazine groups is 1. The highest BCUT2D eigenvalue weighted by atomic mass is 19.1. The van der Waals surface area contributed by atoms with Crippen LogP contribution >= 0.6 is 0 Å². The quantitative estimate of drug-likeness (QED) is 0.269. The van der Waals surface area contributed by atoms with Crippen molar-refractivity contribution in [1.29, 1.82) is 0 Å². The molecule has 0 unspecified atom stereocenters. The van der Waals surface area contributed by atoms with E-state index in [2.05, 4.69) is 59.9 Å². The zero-order chi connectivity index (χ0) is 32.0. The molecule has 1 fully saturated rings. The van der Waals surface area contributed by atoms with E-state index in [4.69, 9.17) is 0 Å². The predicted octanol–water partition coefficient (Wildman–Crippen LogP) is 8.39. The number of aromatic nitrogens is 2. The van der Waals surface area contributed by atoms with Gasteiger partial charge in [0.25, 0.3) is 0 Å². The topological polar surface area (TPSA) is 93.4 Å². The first-order chi connectivity index (χ1) is 19.8. The van der Waals surface area contributed by atoms with Crippen molar-refractivity contribution in [2.24, 2.45) is 5.41 Å². The summed E-state index contributed by atoms with van der Waals surface area (Å²) in [5.74, 6) is -0.0837. The molecule has 42 heavy (non-hydrogen) atoms. The Morgan fingerprint density at radius 1 is 1.24 bits per heavy atom. The van der Waals surface area contributed by atoms with Gasteiger partial charge in [-0.25, -0.2) is 19.2 Å². The second-order valence-electron chi connectivity index (χ2n) is 11.6. The van der Waals surface area contributed by atoms with E-state index in [0.717, 1.165) is 30.6 Å². The molecule has 1 aromatic carbocycles. The number of carbonyl (C=O) groups excluding carboxylic acids is 2. The number of piperidine rings is 1. The minimum atomic E-state index is -0.513. The van der Waals surface area contributed by atoms with Crippen LogP contribution in [0.1, 0.15) is 115 Å². The van der Waals surface area contributed by atoms with Gasteiger partial charge >= 0.3 is 6.03 Å². The standard InChI is InChI=1S/C29H43FN6O2.2C2H6.2H2/c1-19-11-12-23(24(30)16-19)25-17-31-27(33-25)22(4)32-28(38)36(34-26(37)13-14-29(5,6)7)18-21(3)35-15-9-8-10-20(35)2;2*1-2;;/h11-12,16-17,20,22H,3,8-10,13-15,18H2,1-2,4-7H3,(H,31,33)(H,32,38)(H,34,37);2*1-2H3;2*1H/t20-,22-;;;;/m0..../s1. The summed E-state index contributed by atoms with van der Waals surface area (Å²) >= 11 is 0. The van der Waals surface area contributed by atoms with Crippen LogP contribution < -0.4 is 10.7 Å². The zero-order valence-electron chi connectivity index (χ0n) is 27.7. The summed E-state index contributed by atoms with van der Waals surface area (Å²) in [4.78, 5) is 35.8. The molecule has 0 bridgehead atoms. The SMILES string of the molecule is C=C(CN(NC(=O)CCC(C)(C)C)C(=O)N[C@@H](C)c1ncc(-c2ccc(C)cc2F)[nH]1)N1CCCC[C@@H]1C.CC.CC.[HH].[HH]. The molecule has 240 valence electrons. The molecule has 1 saturated heterocycles. The number of hydrogen-bond acceptors (Lipinski definition) is 4. The van der Waals surface area contributed by atoms with Gasteiger partial charge in [-0.1, -0.05) is 61.1 Å². The number of H-pyrrole nitrogens is 1. The van der Waals surface area contributed by atoms with Crippen LogP contribution in [0.4, 0.5) is 9.18 Å². The van der Waals surface area contributed by atoms with Crippen LogP contribution in [0.5, 0.6) is 0 Å². The third-order valence-electron chi connectivity index (χ3n) is 6.92. The Bertz CT molecular complexity index is 1150. The molecule has 1 aliphatic heterocycles. The van der Waals surface area contributed by atoms with Crippen LogP contribution in [0.3, 0.4) is 0 Å². The predicted molar refractivity (Wildman–Crippen MR) is 175 cm³/mol. The highest BCUT2D eigenvalue weighted by Gasteiger charge is 2.26. The summed E-state index contributed by atoms with van der Waals surface area (Å²) < 4.78 is 14.4. The molecule has 3 N–H and O–H groups in total. The number of nitrogens with zero attached hydrogens (tertiary/aromatic N) is 3. The number of halogens is 1. The van der Waals surface area contributed by atoms with E-state index in [9.17, 15) is 14.0 Å². The average molecular weight is 591 g/mol. The maximum Gasteiger partial charge on any atom is 0.337 e. The van der Waals surface area contributed by atoms with Gasteiger partial charge in [-0.2, -0.15) is 0 Å². The number of nitrogens with one attached hydrogen (secondary N) is 3. The van der Waals surface area contributed by atoms with Gasteiger partial charge in [0.15, 0.2) is 0 Å². The number of benzene rings is 1. The summed E-state index contributed by atoms with van der Waals surface area (Å²) in [6.07, 6.45) is 5.87. The Balaban J connectivity index is 0. The fraction of sp³-hybridized carbons (Fsp3) is 0.606. The lowest BCUT2D eigenvalue weighted by Gasteiger charge is -2.38. The largest absolute Gasteiger partial charge is 0.371 e. The van der Waals surface area contributed by atoms with E-state index < -0.39 is 12.1 Å². The second kappa shape index (κ2) is 17.6. The Hall–Kier alpha value is -3.36. The van der Waals surface area contributed by atoms with Crippen LogP contribution in [0.25, 0.3) is 11.3 Å². The summed E-state index contributed by atoms with van der Waals surface area (Å²) in [7, 11) is 0. The maximum atomic E-state index is 14.4. The van der Waals surface area contributed by atoms with E-state index in [1.54, 1.807) is 19.2 Å². The monoisotopic (exact) mass is 590 g/mol. The lowest BCUT2D eigenvalue weighted by Crippen LogP contribution is -2.53. The molecular weight excluding hydrogens is 531 g/mol. The number of carbonyl (C=O) groups is 2. The first-order valence-corrected chi connectivity index (χ1v) is 15.5. The van der Waals surface area contributed by atoms with Crippen molar-refractivity contribution in [1.82, 2.24) is 30.6 Å². The zero-order valence-corrected chi connectivity index (χ0v) is 27.7. The summed E-state index contributed by atoms with van der Waals surface area (Å²) in [5, 5.41) is 4.21. The Labute approximate surface area is 256 Å². The molecule has 2 atom stereocenters. The van der Waals surface area contributed by atoms with Crippen molar-refractivity contribution < 1.29 is 16.8 Å². The fourth-order valence-electron chi connectivity index (χ4n) is 4.56. The summed E-state index contributed by atoms with van der Waals surface area (Å²) in [5.41, 5.74) is 5.34. The van der Waals surface area contributed by atoms with Crippen molar-refractivity contribution in [3.8, 4) is 11.3 Å². The Morgan fingerprint density at radius 3 is 2.50 bits per heavy atom. The first kappa shape index (κ1) is 36.7. The molecule has 2 heterocycles. The average Bonchev–Trinajstić information content (AvgIpc) is 3.44. The minimum absolute atomic E-state index is 0. The molecule has 9 heteroatoms. The van der Waals surface area contributed by atoms with Crippen molar-refractivity contribution >= 4 is 11.9 Å². The van der Waals surface area contributed by atoms with Gasteiger partial charge in [0.1, 0.15) is 11.6 Å². The Kier molecular flexibility index (Phi) is 15.3. The molecule has 3 amide bonds. The fourth-order valence-corrected chi connectivity index (χ4v) is 4.56. The summed E-state index contributed by atoms with van der Waals surface area (Å²) in [6, 6.07) is 4.36. The highest BCUT2D eigenvalue weighted by Crippen LogP contribution is 2.24. The Morgan fingerprint density at radius 2 is 1.90 bits per heavy atom. The lowest BCUT2D eigenvalue weighted by atomic mass is 9.90. The molecule has 1 aromatic heterocycles. The molecule has 8 nitrogen and oxygen atoms in total. The van der Waals surface area contributed by atoms with Gasteiger partial charge in [0, 0.05) is 33.1 Å². The van der Waals surface area contributed by atoms with Gasteiger partial charge in [0.2, 0.25) is 5.91 Å². The molecule has 0 aliphatic carbocycles. The van der Waals surface area contributed by atoms with Crippen LogP contribution in [-0.2, 0) is 4.79 Å². The van der Waals surface area contributed by atoms with Gasteiger partial charge in [-0.05, 0) is 69.6 Å². The number of imidazole rings is 1. The molecule has 0 radical (unpaired) electrons. The van der Waals surface area contributed by atoms with E-state index in [1.807, 2.05) is 40.7 Å². The van der Waals surface area contributed by atoms with E-state index >= 15 is 0 Å². The number of aryl methyl sites for hydroxylation is 1. The second-order valence-corrected chi connectivity index (χ2v) is 11.6. The van der Waals surface area contributed by atoms with Gasteiger partial charge in [-0.15, -0.1) is 0 Å². The van der Waals surface area contributed by atoms with Gasteiger partial charge < -0.3 is 15.2 Å².